The van der Waals surface area contributed by atoms with Gasteiger partial charge in [0, 0.05) is 19.0 Å². The van der Waals surface area contributed by atoms with Crippen LogP contribution in [-0.4, -0.2) is 48.9 Å². The average Bonchev–Trinajstić information content (AvgIpc) is 2.89. The Morgan fingerprint density at radius 2 is 1.57 bits per heavy atom. The lowest BCUT2D eigenvalue weighted by Gasteiger charge is -2.39. The molecule has 1 aromatic heterocycles. The number of carbonyl (C=O) groups is 2. The second-order valence-electron chi connectivity index (χ2n) is 6.47. The van der Waals surface area contributed by atoms with Crippen molar-refractivity contribution < 1.29 is 35.9 Å². The Morgan fingerprint density at radius 1 is 1.04 bits per heavy atom. The van der Waals surface area contributed by atoms with Gasteiger partial charge in [0.2, 0.25) is 0 Å². The lowest BCUT2D eigenvalue weighted by atomic mass is 9.95. The van der Waals surface area contributed by atoms with E-state index in [9.17, 15) is 35.9 Å². The molecule has 0 fully saturated rings. The number of aryl methyl sites for hydroxylation is 1. The number of thiophene rings is 1. The van der Waals surface area contributed by atoms with Crippen molar-refractivity contribution in [2.45, 2.75) is 43.7 Å². The van der Waals surface area contributed by atoms with E-state index in [2.05, 4.69) is 0 Å². The number of amides is 3. The molecule has 6 nitrogen and oxygen atoms in total. The van der Waals surface area contributed by atoms with Crippen LogP contribution in [-0.2, 0) is 12.8 Å². The number of carbonyl (C=O) groups excluding carboxylic acids is 2. The van der Waals surface area contributed by atoms with Crippen LogP contribution in [0.1, 0.15) is 33.6 Å². The van der Waals surface area contributed by atoms with E-state index in [4.69, 9.17) is 5.73 Å². The summed E-state index contributed by atoms with van der Waals surface area (Å²) in [6.07, 6.45) is -9.90. The molecule has 0 bridgehead atoms. The molecule has 158 valence electrons. The van der Waals surface area contributed by atoms with Crippen LogP contribution in [0, 0.1) is 0 Å². The molecule has 1 heterocycles. The van der Waals surface area contributed by atoms with Gasteiger partial charge in [-0.1, -0.05) is 0 Å². The topological polar surface area (TPSA) is 87.5 Å². The number of anilines is 1. The number of nitrogens with zero attached hydrogens (tertiary/aromatic N) is 1. The molecule has 3 amide bonds. The number of hydrogen-bond donors (Lipinski definition) is 3. The van der Waals surface area contributed by atoms with E-state index in [0.29, 0.717) is 52.4 Å². The predicted molar refractivity (Wildman–Crippen MR) is 90.2 cm³/mol. The van der Waals surface area contributed by atoms with Gasteiger partial charge in [0.1, 0.15) is 5.00 Å². The molecule has 0 unspecified atom stereocenters. The minimum atomic E-state index is -5.98. The Labute approximate surface area is 160 Å². The summed E-state index contributed by atoms with van der Waals surface area (Å²) < 4.78 is 82.0. The molecule has 13 heteroatoms. The third-order valence-electron chi connectivity index (χ3n) is 4.27. The summed E-state index contributed by atoms with van der Waals surface area (Å²) in [6.45, 7) is 0. The Balaban J connectivity index is 2.65. The fourth-order valence-electron chi connectivity index (χ4n) is 2.83. The molecule has 4 N–H and O–H groups in total. The molecule has 1 aromatic rings. The van der Waals surface area contributed by atoms with Gasteiger partial charge in [-0.15, -0.1) is 11.3 Å². The molecule has 0 aliphatic heterocycles. The smallest absolute Gasteiger partial charge is 0.365 e. The molecule has 0 aromatic carbocycles. The summed E-state index contributed by atoms with van der Waals surface area (Å²) >= 11 is 0.608. The van der Waals surface area contributed by atoms with Crippen LogP contribution in [0.5, 0.6) is 0 Å². The van der Waals surface area contributed by atoms with Crippen molar-refractivity contribution >= 4 is 28.3 Å². The number of fused-ring (bicyclic) bond motifs is 1. The van der Waals surface area contributed by atoms with Gasteiger partial charge >= 0.3 is 24.0 Å². The lowest BCUT2D eigenvalue weighted by Crippen LogP contribution is -2.73. The summed E-state index contributed by atoms with van der Waals surface area (Å²) in [4.78, 5) is 24.6. The fraction of sp³-hybridized carbons (Fsp3) is 0.600. The zero-order chi connectivity index (χ0) is 21.5. The SMILES string of the molecule is CN(C)C(=O)NC(Nc1sc2c(c1C(N)=O)CCCC2)(C(F)(F)F)C(F)(F)F. The number of primary amides is 1. The van der Waals surface area contributed by atoms with Crippen molar-refractivity contribution in [3.05, 3.63) is 16.0 Å². The van der Waals surface area contributed by atoms with Gasteiger partial charge in [-0.2, -0.15) is 26.3 Å². The zero-order valence-electron chi connectivity index (χ0n) is 14.8. The predicted octanol–water partition coefficient (Wildman–Crippen LogP) is 3.23. The number of hydrogen-bond acceptors (Lipinski definition) is 4. The standard InChI is InChI=1S/C15H18F6N4O2S/c1-25(2)12(27)24-13(14(16,17)18,15(19,20)21)23-11-9(10(22)26)7-5-3-4-6-8(7)28-11/h23H,3-6H2,1-2H3,(H2,22,26)(H,24,27). The number of nitrogens with one attached hydrogen (secondary N) is 2. The summed E-state index contributed by atoms with van der Waals surface area (Å²) in [6, 6.07) is -1.62. The molecule has 1 aliphatic carbocycles. The maximum Gasteiger partial charge on any atom is 0.439 e. The van der Waals surface area contributed by atoms with Gasteiger partial charge in [0.15, 0.2) is 0 Å². The monoisotopic (exact) mass is 432 g/mol. The molecule has 0 radical (unpaired) electrons. The van der Waals surface area contributed by atoms with Crippen molar-refractivity contribution in [1.82, 2.24) is 10.2 Å². The highest BCUT2D eigenvalue weighted by Gasteiger charge is 2.73. The first-order valence-electron chi connectivity index (χ1n) is 8.06. The van der Waals surface area contributed by atoms with Gasteiger partial charge in [-0.3, -0.25) is 10.1 Å². The normalized spacial score (nSPS) is 15.0. The van der Waals surface area contributed by atoms with Crippen LogP contribution in [0.15, 0.2) is 0 Å². The zero-order valence-corrected chi connectivity index (χ0v) is 15.7. The molecule has 0 spiro atoms. The fourth-order valence-corrected chi connectivity index (χ4v) is 4.18. The first-order valence-corrected chi connectivity index (χ1v) is 8.88. The van der Waals surface area contributed by atoms with Gasteiger partial charge in [-0.25, -0.2) is 4.79 Å². The highest BCUT2D eigenvalue weighted by atomic mass is 32.1. The molecular weight excluding hydrogens is 414 g/mol. The van der Waals surface area contributed by atoms with Gasteiger partial charge in [-0.05, 0) is 31.2 Å². The first-order chi connectivity index (χ1) is 12.7. The maximum atomic E-state index is 13.7. The Bertz CT molecular complexity index is 758. The minimum absolute atomic E-state index is 0.320. The van der Waals surface area contributed by atoms with E-state index in [1.807, 2.05) is 0 Å². The number of alkyl halides is 6. The third-order valence-corrected chi connectivity index (χ3v) is 5.48. The number of urea groups is 1. The largest absolute Gasteiger partial charge is 0.439 e. The highest BCUT2D eigenvalue weighted by Crippen LogP contribution is 2.47. The van der Waals surface area contributed by atoms with Crippen molar-refractivity contribution in [3.8, 4) is 0 Å². The Kier molecular flexibility index (Phi) is 5.79. The molecule has 0 saturated heterocycles. The molecule has 0 saturated carbocycles. The Hall–Kier alpha value is -2.18. The van der Waals surface area contributed by atoms with E-state index in [0.717, 1.165) is 19.4 Å². The van der Waals surface area contributed by atoms with Crippen molar-refractivity contribution in [2.75, 3.05) is 19.4 Å². The first kappa shape index (κ1) is 22.1. The molecule has 2 rings (SSSR count). The summed E-state index contributed by atoms with van der Waals surface area (Å²) in [7, 11) is 1.98. The molecular formula is C15H18F6N4O2S. The number of nitrogens with two attached hydrogens (primary N) is 1. The quantitative estimate of drug-likeness (QED) is 0.504. The summed E-state index contributed by atoms with van der Waals surface area (Å²) in [5.74, 6) is -1.14. The van der Waals surface area contributed by atoms with Crippen molar-refractivity contribution in [1.29, 1.82) is 0 Å². The Morgan fingerprint density at radius 3 is 2.04 bits per heavy atom. The molecule has 28 heavy (non-hydrogen) atoms. The van der Waals surface area contributed by atoms with Crippen LogP contribution in [0.2, 0.25) is 0 Å². The molecule has 0 atom stereocenters. The van der Waals surface area contributed by atoms with E-state index >= 15 is 0 Å². The van der Waals surface area contributed by atoms with Crippen LogP contribution in [0.3, 0.4) is 0 Å². The van der Waals surface area contributed by atoms with Gasteiger partial charge in [0.05, 0.1) is 5.56 Å². The van der Waals surface area contributed by atoms with Crippen LogP contribution < -0.4 is 16.4 Å². The number of halogens is 6. The second kappa shape index (κ2) is 7.33. The molecule has 1 aliphatic rings. The number of rotatable bonds is 4. The minimum Gasteiger partial charge on any atom is -0.365 e. The van der Waals surface area contributed by atoms with Crippen LogP contribution in [0.4, 0.5) is 36.1 Å². The van der Waals surface area contributed by atoms with Crippen LogP contribution in [0.25, 0.3) is 0 Å². The van der Waals surface area contributed by atoms with Crippen molar-refractivity contribution in [2.24, 2.45) is 5.73 Å². The maximum absolute atomic E-state index is 13.7. The van der Waals surface area contributed by atoms with E-state index in [-0.39, 0.29) is 0 Å². The lowest BCUT2D eigenvalue weighted by molar-refractivity contribution is -0.294. The average molecular weight is 432 g/mol. The van der Waals surface area contributed by atoms with Crippen LogP contribution >= 0.6 is 11.3 Å². The third kappa shape index (κ3) is 3.84. The van der Waals surface area contributed by atoms with E-state index in [1.54, 1.807) is 0 Å². The second-order valence-corrected chi connectivity index (χ2v) is 7.58. The van der Waals surface area contributed by atoms with E-state index in [1.165, 1.54) is 5.32 Å². The van der Waals surface area contributed by atoms with E-state index < -0.39 is 40.5 Å². The summed E-state index contributed by atoms with van der Waals surface area (Å²) in [5, 5.41) is 1.69. The van der Waals surface area contributed by atoms with Gasteiger partial charge in [0.25, 0.3) is 5.91 Å². The highest BCUT2D eigenvalue weighted by molar-refractivity contribution is 7.16. The van der Waals surface area contributed by atoms with Gasteiger partial charge < -0.3 is 16.0 Å². The van der Waals surface area contributed by atoms with Crippen molar-refractivity contribution in [3.63, 3.8) is 0 Å². The summed E-state index contributed by atoms with van der Waals surface area (Å²) in [5.41, 5.74) is 0.377.